The molecule has 34 heavy (non-hydrogen) atoms. The van der Waals surface area contributed by atoms with Crippen LogP contribution in [0.4, 0.5) is 0 Å². The molecule has 1 aliphatic carbocycles. The second kappa shape index (κ2) is 9.36. The van der Waals surface area contributed by atoms with Gasteiger partial charge in [-0.3, -0.25) is 4.79 Å². The summed E-state index contributed by atoms with van der Waals surface area (Å²) in [4.78, 5) is 18.7. The molecular formula is C24H25N3O5S2. The number of fused-ring (bicyclic) bond motifs is 2. The predicted molar refractivity (Wildman–Crippen MR) is 129 cm³/mol. The fourth-order valence-corrected chi connectivity index (χ4v) is 6.50. The lowest BCUT2D eigenvalue weighted by atomic mass is 9.98. The predicted octanol–water partition coefficient (Wildman–Crippen LogP) is 3.40. The Balaban J connectivity index is 1.28. The zero-order valence-electron chi connectivity index (χ0n) is 18.7. The van der Waals surface area contributed by atoms with E-state index in [1.54, 1.807) is 17.4 Å². The highest BCUT2D eigenvalue weighted by atomic mass is 32.2. The van der Waals surface area contributed by atoms with Gasteiger partial charge in [-0.25, -0.2) is 13.4 Å². The van der Waals surface area contributed by atoms with E-state index < -0.39 is 10.0 Å². The number of sulfonamides is 1. The molecule has 0 spiro atoms. The van der Waals surface area contributed by atoms with Crippen molar-refractivity contribution in [1.82, 2.24) is 14.6 Å². The Hall–Kier alpha value is -2.95. The molecule has 3 aromatic rings. The largest absolute Gasteiger partial charge is 0.486 e. The first-order valence-corrected chi connectivity index (χ1v) is 13.4. The average molecular weight is 500 g/mol. The van der Waals surface area contributed by atoms with E-state index >= 15 is 0 Å². The van der Waals surface area contributed by atoms with Crippen molar-refractivity contribution in [1.29, 1.82) is 0 Å². The molecule has 0 radical (unpaired) electrons. The maximum absolute atomic E-state index is 13.0. The third-order valence-corrected chi connectivity index (χ3v) is 8.95. The van der Waals surface area contributed by atoms with Crippen molar-refractivity contribution in [3.8, 4) is 22.1 Å². The van der Waals surface area contributed by atoms with E-state index in [0.29, 0.717) is 24.7 Å². The SMILES string of the molecule is CN(CC(=O)N[C@H]1CCCc2nc(-c3ccccc3)sc21)S(=O)(=O)c1ccc2c(c1)OCCO2. The van der Waals surface area contributed by atoms with Crippen LogP contribution in [0.25, 0.3) is 10.6 Å². The first-order chi connectivity index (χ1) is 16.4. The molecule has 10 heteroatoms. The molecule has 1 atom stereocenters. The molecule has 1 aromatic heterocycles. The van der Waals surface area contributed by atoms with Gasteiger partial charge in [0.1, 0.15) is 18.2 Å². The zero-order valence-corrected chi connectivity index (χ0v) is 20.3. The van der Waals surface area contributed by atoms with Crippen LogP contribution in [-0.2, 0) is 21.2 Å². The number of amides is 1. The number of benzene rings is 2. The number of aromatic nitrogens is 1. The van der Waals surface area contributed by atoms with E-state index in [2.05, 4.69) is 5.32 Å². The van der Waals surface area contributed by atoms with Gasteiger partial charge in [0.05, 0.1) is 28.1 Å². The number of likely N-dealkylation sites (N-methyl/N-ethyl adjacent to an activating group) is 1. The maximum Gasteiger partial charge on any atom is 0.243 e. The standard InChI is InChI=1S/C24H25N3O5S2/c1-27(34(29,30)17-10-11-20-21(14-17)32-13-12-31-20)15-22(28)25-18-8-5-9-19-23(18)33-24(26-19)16-6-3-2-4-7-16/h2-4,6-7,10-11,14,18H,5,8-9,12-13,15H2,1H3,(H,25,28)/t18-/m0/s1. The van der Waals surface area contributed by atoms with E-state index in [9.17, 15) is 13.2 Å². The monoisotopic (exact) mass is 499 g/mol. The van der Waals surface area contributed by atoms with Crippen LogP contribution in [0.1, 0.15) is 29.5 Å². The van der Waals surface area contributed by atoms with Gasteiger partial charge in [0.25, 0.3) is 0 Å². The van der Waals surface area contributed by atoms with Crippen LogP contribution in [0.5, 0.6) is 11.5 Å². The molecule has 0 saturated carbocycles. The van der Waals surface area contributed by atoms with E-state index in [1.807, 2.05) is 30.3 Å². The van der Waals surface area contributed by atoms with Crippen LogP contribution in [-0.4, -0.2) is 50.4 Å². The molecule has 2 heterocycles. The van der Waals surface area contributed by atoms with Crippen molar-refractivity contribution < 1.29 is 22.7 Å². The fraction of sp³-hybridized carbons (Fsp3) is 0.333. The van der Waals surface area contributed by atoms with Crippen molar-refractivity contribution in [2.24, 2.45) is 0 Å². The van der Waals surface area contributed by atoms with Gasteiger partial charge < -0.3 is 14.8 Å². The Morgan fingerprint density at radius 2 is 1.91 bits per heavy atom. The summed E-state index contributed by atoms with van der Waals surface area (Å²) in [6.07, 6.45) is 2.60. The first kappa shape index (κ1) is 22.8. The van der Waals surface area contributed by atoms with Crippen molar-refractivity contribution in [3.63, 3.8) is 0 Å². The highest BCUT2D eigenvalue weighted by Crippen LogP contribution is 2.38. The number of carbonyl (C=O) groups excluding carboxylic acids is 1. The summed E-state index contributed by atoms with van der Waals surface area (Å²) in [5, 5.41) is 3.96. The molecule has 1 aliphatic heterocycles. The number of rotatable bonds is 6. The summed E-state index contributed by atoms with van der Waals surface area (Å²) >= 11 is 1.59. The molecule has 5 rings (SSSR count). The number of carbonyl (C=O) groups is 1. The minimum absolute atomic E-state index is 0.0574. The van der Waals surface area contributed by atoms with E-state index in [1.165, 1.54) is 19.2 Å². The van der Waals surface area contributed by atoms with E-state index in [0.717, 1.165) is 44.7 Å². The number of hydrogen-bond acceptors (Lipinski definition) is 7. The van der Waals surface area contributed by atoms with Gasteiger partial charge in [0.15, 0.2) is 11.5 Å². The second-order valence-electron chi connectivity index (χ2n) is 8.27. The number of aryl methyl sites for hydroxylation is 1. The molecule has 178 valence electrons. The fourth-order valence-electron chi connectivity index (χ4n) is 4.15. The normalized spacial score (nSPS) is 17.3. The van der Waals surface area contributed by atoms with Crippen LogP contribution in [0.3, 0.4) is 0 Å². The van der Waals surface area contributed by atoms with E-state index in [4.69, 9.17) is 14.5 Å². The van der Waals surface area contributed by atoms with Crippen LogP contribution in [0, 0.1) is 0 Å². The van der Waals surface area contributed by atoms with Gasteiger partial charge >= 0.3 is 0 Å². The van der Waals surface area contributed by atoms with Crippen molar-refractivity contribution in [2.75, 3.05) is 26.8 Å². The van der Waals surface area contributed by atoms with Crippen molar-refractivity contribution in [3.05, 3.63) is 59.1 Å². The summed E-state index contributed by atoms with van der Waals surface area (Å²) in [5.74, 6) is 0.550. The Labute approximate surface area is 202 Å². The number of nitrogens with one attached hydrogen (secondary N) is 1. The van der Waals surface area contributed by atoms with E-state index in [-0.39, 0.29) is 23.4 Å². The van der Waals surface area contributed by atoms with Crippen molar-refractivity contribution >= 4 is 27.3 Å². The quantitative estimate of drug-likeness (QED) is 0.558. The minimum Gasteiger partial charge on any atom is -0.486 e. The third-order valence-electron chi connectivity index (χ3n) is 5.89. The smallest absolute Gasteiger partial charge is 0.243 e. The highest BCUT2D eigenvalue weighted by Gasteiger charge is 2.29. The number of thiazole rings is 1. The van der Waals surface area contributed by atoms with Gasteiger partial charge in [-0.1, -0.05) is 30.3 Å². The summed E-state index contributed by atoms with van der Waals surface area (Å²) in [7, 11) is -2.47. The summed E-state index contributed by atoms with van der Waals surface area (Å²) in [5.41, 5.74) is 2.06. The van der Waals surface area contributed by atoms with Gasteiger partial charge in [0.2, 0.25) is 15.9 Å². The Morgan fingerprint density at radius 3 is 2.71 bits per heavy atom. The third kappa shape index (κ3) is 4.53. The number of ether oxygens (including phenoxy) is 2. The maximum atomic E-state index is 13.0. The first-order valence-electron chi connectivity index (χ1n) is 11.1. The lowest BCUT2D eigenvalue weighted by molar-refractivity contribution is -0.121. The molecule has 0 bridgehead atoms. The molecule has 0 unspecified atom stereocenters. The van der Waals surface area contributed by atoms with Gasteiger partial charge in [-0.15, -0.1) is 11.3 Å². The number of hydrogen-bond donors (Lipinski definition) is 1. The molecule has 1 amide bonds. The van der Waals surface area contributed by atoms with Gasteiger partial charge in [0, 0.05) is 18.7 Å². The molecule has 0 saturated heterocycles. The highest BCUT2D eigenvalue weighted by molar-refractivity contribution is 7.89. The van der Waals surface area contributed by atoms with Crippen LogP contribution in [0.15, 0.2) is 53.4 Å². The molecule has 2 aliphatic rings. The molecule has 8 nitrogen and oxygen atoms in total. The Kier molecular flexibility index (Phi) is 6.28. The van der Waals surface area contributed by atoms with Gasteiger partial charge in [-0.2, -0.15) is 4.31 Å². The van der Waals surface area contributed by atoms with Crippen LogP contribution in [0.2, 0.25) is 0 Å². The van der Waals surface area contributed by atoms with Crippen LogP contribution < -0.4 is 14.8 Å². The molecular weight excluding hydrogens is 474 g/mol. The molecule has 1 N–H and O–H groups in total. The minimum atomic E-state index is -3.87. The lowest BCUT2D eigenvalue weighted by Crippen LogP contribution is -2.40. The van der Waals surface area contributed by atoms with Gasteiger partial charge in [-0.05, 0) is 31.4 Å². The topological polar surface area (TPSA) is 97.8 Å². The Morgan fingerprint density at radius 1 is 1.15 bits per heavy atom. The second-order valence-corrected chi connectivity index (χ2v) is 11.4. The van der Waals surface area contributed by atoms with Crippen molar-refractivity contribution in [2.45, 2.75) is 30.2 Å². The molecule has 2 aromatic carbocycles. The lowest BCUT2D eigenvalue weighted by Gasteiger charge is -2.24. The Bertz CT molecular complexity index is 1310. The van der Waals surface area contributed by atoms with Crippen LogP contribution >= 0.6 is 11.3 Å². The summed E-state index contributed by atoms with van der Waals surface area (Å²) in [6, 6.07) is 14.3. The summed E-state index contributed by atoms with van der Waals surface area (Å²) < 4.78 is 38.1. The number of nitrogens with zero attached hydrogens (tertiary/aromatic N) is 2. The zero-order chi connectivity index (χ0) is 23.7. The average Bonchev–Trinajstić information content (AvgIpc) is 3.30. The summed E-state index contributed by atoms with van der Waals surface area (Å²) in [6.45, 7) is 0.503. The molecule has 0 fully saturated rings.